The Hall–Kier alpha value is -0.970. The molecule has 1 aromatic carbocycles. The van der Waals surface area contributed by atoms with Gasteiger partial charge in [-0.2, -0.15) is 11.8 Å². The minimum absolute atomic E-state index is 0.00334. The summed E-state index contributed by atoms with van der Waals surface area (Å²) in [4.78, 5) is 1.83. The van der Waals surface area contributed by atoms with Gasteiger partial charge in [0.1, 0.15) is 0 Å². The van der Waals surface area contributed by atoms with Crippen LogP contribution in [0.5, 0.6) is 0 Å². The van der Waals surface area contributed by atoms with Gasteiger partial charge in [0.2, 0.25) is 0 Å². The number of rotatable bonds is 5. The third-order valence-electron chi connectivity index (χ3n) is 2.33. The second-order valence-corrected chi connectivity index (χ2v) is 4.52. The molecule has 0 aliphatic heterocycles. The SMILES string of the molecule is CSCCN(C)c1ccc(N)cc1C(F)F. The first-order valence-electron chi connectivity index (χ1n) is 4.94. The summed E-state index contributed by atoms with van der Waals surface area (Å²) >= 11 is 1.69. The van der Waals surface area contributed by atoms with Gasteiger partial charge in [-0.3, -0.25) is 0 Å². The summed E-state index contributed by atoms with van der Waals surface area (Å²) in [6, 6.07) is 4.64. The minimum atomic E-state index is -2.49. The van der Waals surface area contributed by atoms with Crippen LogP contribution in [0.1, 0.15) is 12.0 Å². The zero-order valence-electron chi connectivity index (χ0n) is 9.41. The van der Waals surface area contributed by atoms with E-state index in [1.165, 1.54) is 6.07 Å². The van der Waals surface area contributed by atoms with Gasteiger partial charge in [-0.1, -0.05) is 0 Å². The lowest BCUT2D eigenvalue weighted by Crippen LogP contribution is -2.21. The van der Waals surface area contributed by atoms with E-state index in [9.17, 15) is 8.78 Å². The van der Waals surface area contributed by atoms with Crippen molar-refractivity contribution in [2.45, 2.75) is 6.43 Å². The van der Waals surface area contributed by atoms with Crippen LogP contribution in [0.2, 0.25) is 0 Å². The van der Waals surface area contributed by atoms with E-state index in [4.69, 9.17) is 5.73 Å². The van der Waals surface area contributed by atoms with Gasteiger partial charge in [0.15, 0.2) is 0 Å². The lowest BCUT2D eigenvalue weighted by Gasteiger charge is -2.22. The zero-order valence-corrected chi connectivity index (χ0v) is 10.2. The van der Waals surface area contributed by atoms with Gasteiger partial charge in [0.05, 0.1) is 0 Å². The van der Waals surface area contributed by atoms with Crippen molar-refractivity contribution < 1.29 is 8.78 Å². The third-order valence-corrected chi connectivity index (χ3v) is 2.92. The lowest BCUT2D eigenvalue weighted by molar-refractivity contribution is 0.152. The van der Waals surface area contributed by atoms with Crippen molar-refractivity contribution in [3.8, 4) is 0 Å². The molecule has 0 aliphatic rings. The van der Waals surface area contributed by atoms with Crippen LogP contribution in [0.4, 0.5) is 20.2 Å². The maximum Gasteiger partial charge on any atom is 0.265 e. The van der Waals surface area contributed by atoms with E-state index in [0.717, 1.165) is 12.3 Å². The first kappa shape index (κ1) is 13.1. The highest BCUT2D eigenvalue weighted by Gasteiger charge is 2.15. The standard InChI is InChI=1S/C11H16F2N2S/c1-15(5-6-16-2)10-4-3-8(14)7-9(10)11(12)13/h3-4,7,11H,5-6,14H2,1-2H3. The molecule has 0 spiro atoms. The number of nitrogens with two attached hydrogens (primary N) is 1. The van der Waals surface area contributed by atoms with Crippen molar-refractivity contribution in [3.05, 3.63) is 23.8 Å². The van der Waals surface area contributed by atoms with Crippen molar-refractivity contribution >= 4 is 23.1 Å². The van der Waals surface area contributed by atoms with Crippen LogP contribution >= 0.6 is 11.8 Å². The molecule has 0 saturated heterocycles. The molecule has 90 valence electrons. The molecule has 16 heavy (non-hydrogen) atoms. The lowest BCUT2D eigenvalue weighted by atomic mass is 10.1. The molecule has 0 heterocycles. The monoisotopic (exact) mass is 246 g/mol. The quantitative estimate of drug-likeness (QED) is 0.810. The minimum Gasteiger partial charge on any atom is -0.399 e. The van der Waals surface area contributed by atoms with Gasteiger partial charge in [-0.15, -0.1) is 0 Å². The average molecular weight is 246 g/mol. The van der Waals surface area contributed by atoms with Gasteiger partial charge in [-0.25, -0.2) is 8.78 Å². The highest BCUT2D eigenvalue weighted by molar-refractivity contribution is 7.98. The fraction of sp³-hybridized carbons (Fsp3) is 0.455. The first-order chi connectivity index (χ1) is 7.56. The Morgan fingerprint density at radius 2 is 2.12 bits per heavy atom. The van der Waals surface area contributed by atoms with Crippen molar-refractivity contribution in [3.63, 3.8) is 0 Å². The van der Waals surface area contributed by atoms with Crippen molar-refractivity contribution in [2.24, 2.45) is 0 Å². The maximum atomic E-state index is 12.8. The number of hydrogen-bond acceptors (Lipinski definition) is 3. The smallest absolute Gasteiger partial charge is 0.265 e. The summed E-state index contributed by atoms with van der Waals surface area (Å²) in [6.45, 7) is 0.741. The summed E-state index contributed by atoms with van der Waals surface area (Å²) in [7, 11) is 1.81. The van der Waals surface area contributed by atoms with Crippen LogP contribution in [0.25, 0.3) is 0 Å². The van der Waals surface area contributed by atoms with Gasteiger partial charge >= 0.3 is 0 Å². The fourth-order valence-corrected chi connectivity index (χ4v) is 1.90. The molecule has 2 nitrogen and oxygen atoms in total. The highest BCUT2D eigenvalue weighted by Crippen LogP contribution is 2.31. The second-order valence-electron chi connectivity index (χ2n) is 3.53. The van der Waals surface area contributed by atoms with Crippen LogP contribution in [-0.2, 0) is 0 Å². The molecular weight excluding hydrogens is 230 g/mol. The number of halogens is 2. The number of hydrogen-bond donors (Lipinski definition) is 1. The number of nitrogens with zero attached hydrogens (tertiary/aromatic N) is 1. The van der Waals surface area contributed by atoms with Crippen molar-refractivity contribution in [1.82, 2.24) is 0 Å². The van der Waals surface area contributed by atoms with Crippen LogP contribution in [-0.4, -0.2) is 25.6 Å². The summed E-state index contributed by atoms with van der Waals surface area (Å²) in [5.41, 5.74) is 6.44. The molecule has 1 rings (SSSR count). The van der Waals surface area contributed by atoms with Crippen LogP contribution in [0.15, 0.2) is 18.2 Å². The predicted octanol–water partition coefficient (Wildman–Crippen LogP) is 3.01. The van der Waals surface area contributed by atoms with E-state index in [2.05, 4.69) is 0 Å². The summed E-state index contributed by atoms with van der Waals surface area (Å²) in [5, 5.41) is 0. The van der Waals surface area contributed by atoms with Gasteiger partial charge in [0, 0.05) is 36.3 Å². The molecule has 0 unspecified atom stereocenters. The molecule has 2 N–H and O–H groups in total. The van der Waals surface area contributed by atoms with Crippen LogP contribution in [0.3, 0.4) is 0 Å². The van der Waals surface area contributed by atoms with E-state index in [1.54, 1.807) is 23.9 Å². The van der Waals surface area contributed by atoms with Crippen molar-refractivity contribution in [1.29, 1.82) is 0 Å². The summed E-state index contributed by atoms with van der Waals surface area (Å²) < 4.78 is 25.6. The average Bonchev–Trinajstić information content (AvgIpc) is 2.25. The predicted molar refractivity (Wildman–Crippen MR) is 67.5 cm³/mol. The zero-order chi connectivity index (χ0) is 12.1. The molecule has 0 bridgehead atoms. The maximum absolute atomic E-state index is 12.8. The topological polar surface area (TPSA) is 29.3 Å². The second kappa shape index (κ2) is 5.94. The molecule has 1 aromatic rings. The molecular formula is C11H16F2N2S. The number of anilines is 2. The largest absolute Gasteiger partial charge is 0.399 e. The Bertz CT molecular complexity index is 345. The van der Waals surface area contributed by atoms with Crippen LogP contribution < -0.4 is 10.6 Å². The first-order valence-corrected chi connectivity index (χ1v) is 6.33. The molecule has 0 aromatic heterocycles. The number of nitrogen functional groups attached to an aromatic ring is 1. The molecule has 0 amide bonds. The normalized spacial score (nSPS) is 10.8. The van der Waals surface area contributed by atoms with E-state index in [-0.39, 0.29) is 5.56 Å². The summed E-state index contributed by atoms with van der Waals surface area (Å²) in [5.74, 6) is 0.906. The molecule has 0 atom stereocenters. The Morgan fingerprint density at radius 1 is 1.44 bits per heavy atom. The number of benzene rings is 1. The Morgan fingerprint density at radius 3 is 2.69 bits per heavy atom. The highest BCUT2D eigenvalue weighted by atomic mass is 32.2. The number of alkyl halides is 2. The fourth-order valence-electron chi connectivity index (χ4n) is 1.44. The third kappa shape index (κ3) is 3.27. The van der Waals surface area contributed by atoms with Crippen LogP contribution in [0, 0.1) is 0 Å². The number of thioether (sulfide) groups is 1. The Balaban J connectivity index is 2.93. The van der Waals surface area contributed by atoms with E-state index in [0.29, 0.717) is 11.4 Å². The Kier molecular flexibility index (Phi) is 4.86. The van der Waals surface area contributed by atoms with Gasteiger partial charge in [0.25, 0.3) is 6.43 Å². The summed E-state index contributed by atoms with van der Waals surface area (Å²) in [6.07, 6.45) is -0.500. The molecule has 0 saturated carbocycles. The molecule has 0 aliphatic carbocycles. The van der Waals surface area contributed by atoms with Gasteiger partial charge < -0.3 is 10.6 Å². The van der Waals surface area contributed by atoms with Crippen molar-refractivity contribution in [2.75, 3.05) is 36.2 Å². The molecule has 0 fully saturated rings. The van der Waals surface area contributed by atoms with E-state index >= 15 is 0 Å². The van der Waals surface area contributed by atoms with E-state index < -0.39 is 6.43 Å². The van der Waals surface area contributed by atoms with E-state index in [1.807, 2.05) is 18.2 Å². The molecule has 5 heteroatoms. The van der Waals surface area contributed by atoms with Gasteiger partial charge in [-0.05, 0) is 24.5 Å². The molecule has 0 radical (unpaired) electrons. The Labute approximate surface area is 98.8 Å².